The average molecular weight is 586 g/mol. The molecule has 41 heavy (non-hydrogen) atoms. The Morgan fingerprint density at radius 2 is 1.88 bits per heavy atom. The number of aliphatic hydroxyl groups is 1. The van der Waals surface area contributed by atoms with E-state index in [9.17, 15) is 27.1 Å². The van der Waals surface area contributed by atoms with Crippen LogP contribution in [0, 0.1) is 11.6 Å². The maximum atomic E-state index is 14.1. The van der Waals surface area contributed by atoms with Gasteiger partial charge in [0.25, 0.3) is 0 Å². The molecule has 2 aromatic carbocycles. The molecular weight excluding hydrogens is 556 g/mol. The third-order valence-electron chi connectivity index (χ3n) is 6.83. The van der Waals surface area contributed by atoms with Crippen molar-refractivity contribution in [2.45, 2.75) is 31.3 Å². The number of amides is 1. The Labute approximate surface area is 235 Å². The number of aryl methyl sites for hydroxylation is 1. The molecule has 3 heterocycles. The van der Waals surface area contributed by atoms with Gasteiger partial charge in [-0.2, -0.15) is 5.10 Å². The van der Waals surface area contributed by atoms with E-state index in [1.165, 1.54) is 16.8 Å². The Hall–Kier alpha value is -4.17. The van der Waals surface area contributed by atoms with Gasteiger partial charge in [-0.3, -0.25) is 14.2 Å². The molecule has 1 saturated heterocycles. The van der Waals surface area contributed by atoms with Gasteiger partial charge in [0.05, 0.1) is 36.2 Å². The zero-order valence-corrected chi connectivity index (χ0v) is 23.4. The lowest BCUT2D eigenvalue weighted by molar-refractivity contribution is -0.118. The van der Waals surface area contributed by atoms with Crippen LogP contribution >= 0.6 is 0 Å². The molecular formula is C27H29F2N7O4S. The number of rotatable bonds is 9. The molecule has 0 unspecified atom stereocenters. The summed E-state index contributed by atoms with van der Waals surface area (Å²) >= 11 is 0. The highest BCUT2D eigenvalue weighted by Crippen LogP contribution is 2.39. The predicted octanol–water partition coefficient (Wildman–Crippen LogP) is 2.45. The zero-order valence-electron chi connectivity index (χ0n) is 22.6. The van der Waals surface area contributed by atoms with Gasteiger partial charge in [-0.25, -0.2) is 27.2 Å². The van der Waals surface area contributed by atoms with E-state index in [2.05, 4.69) is 14.8 Å². The molecule has 0 radical (unpaired) electrons. The minimum Gasteiger partial charge on any atom is -0.386 e. The number of sulfonamides is 1. The molecule has 0 aliphatic carbocycles. The fourth-order valence-electron chi connectivity index (χ4n) is 5.30. The molecule has 0 bridgehead atoms. The number of carbonyl (C=O) groups excluding carboxylic acids is 1. The summed E-state index contributed by atoms with van der Waals surface area (Å²) in [4.78, 5) is 23.3. The summed E-state index contributed by atoms with van der Waals surface area (Å²) in [5.74, 6) is -2.40. The number of nitrogens with zero attached hydrogens (tertiary/aromatic N) is 5. The molecule has 0 spiro atoms. The quantitative estimate of drug-likeness (QED) is 0.270. The number of halogens is 2. The molecule has 11 nitrogen and oxygen atoms in total. The molecule has 1 fully saturated rings. The van der Waals surface area contributed by atoms with Gasteiger partial charge < -0.3 is 15.7 Å². The van der Waals surface area contributed by atoms with Crippen LogP contribution in [-0.2, 0) is 28.3 Å². The lowest BCUT2D eigenvalue weighted by Crippen LogP contribution is -2.60. The van der Waals surface area contributed by atoms with Gasteiger partial charge in [0, 0.05) is 48.2 Å². The van der Waals surface area contributed by atoms with Crippen molar-refractivity contribution >= 4 is 38.6 Å². The fraction of sp³-hybridized carbons (Fsp3) is 0.333. The molecule has 1 amide bonds. The molecule has 1 aliphatic rings. The molecule has 5 rings (SSSR count). The molecule has 4 aromatic rings. The van der Waals surface area contributed by atoms with Crippen molar-refractivity contribution in [2.24, 2.45) is 12.8 Å². The number of nitrogens with one attached hydrogen (secondary N) is 1. The first kappa shape index (κ1) is 28.4. The number of carbonyl (C=O) groups is 1. The van der Waals surface area contributed by atoms with E-state index >= 15 is 0 Å². The number of nitrogens with two attached hydrogens (primary N) is 1. The van der Waals surface area contributed by atoms with Crippen molar-refractivity contribution in [3.8, 4) is 11.1 Å². The van der Waals surface area contributed by atoms with Gasteiger partial charge in [0.1, 0.15) is 11.6 Å². The van der Waals surface area contributed by atoms with Gasteiger partial charge in [-0.15, -0.1) is 0 Å². The van der Waals surface area contributed by atoms with Crippen molar-refractivity contribution in [2.75, 3.05) is 29.0 Å². The second-order valence-electron chi connectivity index (χ2n) is 10.7. The Balaban J connectivity index is 1.69. The van der Waals surface area contributed by atoms with Crippen molar-refractivity contribution < 1.29 is 27.1 Å². The van der Waals surface area contributed by atoms with Crippen LogP contribution in [0.3, 0.4) is 0 Å². The lowest BCUT2D eigenvalue weighted by atomic mass is 9.88. The standard InChI is InChI=1S/C27H29F2N7O4S/c1-27(38)13-36(14-27)26-31-12-21(19-5-4-6-20-24(19)35(2)33-25(20)34-41(3,39)40)23(32-26)16(10-22(30)37)7-15-8-17(28)11-18(29)9-15/h4-6,8-9,11-12,16,38H,7,10,13-14H2,1-3H3,(H2,30,37)(H,33,34)/t16-/m0/s1. The number of anilines is 2. The minimum atomic E-state index is -3.62. The van der Waals surface area contributed by atoms with Crippen LogP contribution in [0.2, 0.25) is 0 Å². The van der Waals surface area contributed by atoms with Crippen LogP contribution in [0.5, 0.6) is 0 Å². The fourth-order valence-corrected chi connectivity index (χ4v) is 5.80. The van der Waals surface area contributed by atoms with Crippen LogP contribution in [0.4, 0.5) is 20.5 Å². The van der Waals surface area contributed by atoms with Crippen molar-refractivity contribution in [3.63, 3.8) is 0 Å². The first-order chi connectivity index (χ1) is 19.2. The van der Waals surface area contributed by atoms with E-state index < -0.39 is 39.1 Å². The van der Waals surface area contributed by atoms with E-state index in [0.717, 1.165) is 12.3 Å². The molecule has 0 saturated carbocycles. The van der Waals surface area contributed by atoms with Gasteiger partial charge in [0.15, 0.2) is 5.82 Å². The first-order valence-corrected chi connectivity index (χ1v) is 14.6. The zero-order chi connectivity index (χ0) is 29.7. The monoisotopic (exact) mass is 585 g/mol. The molecule has 1 aliphatic heterocycles. The van der Waals surface area contributed by atoms with E-state index in [4.69, 9.17) is 10.7 Å². The number of aromatic nitrogens is 4. The highest BCUT2D eigenvalue weighted by Gasteiger charge is 2.38. The molecule has 1 atom stereocenters. The Morgan fingerprint density at radius 3 is 2.49 bits per heavy atom. The summed E-state index contributed by atoms with van der Waals surface area (Å²) in [6.07, 6.45) is 2.47. The smallest absolute Gasteiger partial charge is 0.231 e. The lowest BCUT2D eigenvalue weighted by Gasteiger charge is -2.44. The van der Waals surface area contributed by atoms with Gasteiger partial charge in [-0.05, 0) is 37.1 Å². The van der Waals surface area contributed by atoms with Gasteiger partial charge >= 0.3 is 0 Å². The highest BCUT2D eigenvalue weighted by atomic mass is 32.2. The second kappa shape index (κ2) is 10.3. The van der Waals surface area contributed by atoms with Crippen molar-refractivity contribution in [1.29, 1.82) is 0 Å². The molecule has 2 aromatic heterocycles. The number of β-amino-alcohol motifs (C(OH)–C–C–N with tert-alkyl or cyclic N) is 1. The van der Waals surface area contributed by atoms with Gasteiger partial charge in [-0.1, -0.05) is 12.1 Å². The maximum absolute atomic E-state index is 14.1. The Bertz CT molecular complexity index is 1750. The van der Waals surface area contributed by atoms with Crippen molar-refractivity contribution in [3.05, 3.63) is 65.5 Å². The summed E-state index contributed by atoms with van der Waals surface area (Å²) in [5.41, 5.74) is 7.10. The number of hydrogen-bond acceptors (Lipinski definition) is 8. The van der Waals surface area contributed by atoms with E-state index in [0.29, 0.717) is 52.3 Å². The van der Waals surface area contributed by atoms with E-state index in [1.54, 1.807) is 43.3 Å². The predicted molar refractivity (Wildman–Crippen MR) is 150 cm³/mol. The third-order valence-corrected chi connectivity index (χ3v) is 7.39. The normalized spacial score (nSPS) is 15.5. The SMILES string of the molecule is Cn1nc(NS(C)(=O)=O)c2cccc(-c3cnc(N4CC(C)(O)C4)nc3[C@H](CC(N)=O)Cc3cc(F)cc(F)c3)c21. The van der Waals surface area contributed by atoms with Crippen LogP contribution in [0.1, 0.15) is 30.5 Å². The summed E-state index contributed by atoms with van der Waals surface area (Å²) < 4.78 is 56.0. The summed E-state index contributed by atoms with van der Waals surface area (Å²) in [5, 5.41) is 15.1. The molecule has 14 heteroatoms. The number of para-hydroxylation sites is 1. The second-order valence-corrected chi connectivity index (χ2v) is 12.5. The average Bonchev–Trinajstić information content (AvgIpc) is 3.14. The summed E-state index contributed by atoms with van der Waals surface area (Å²) in [7, 11) is -1.96. The first-order valence-electron chi connectivity index (χ1n) is 12.7. The summed E-state index contributed by atoms with van der Waals surface area (Å²) in [6, 6.07) is 8.37. The number of benzene rings is 2. The van der Waals surface area contributed by atoms with Crippen LogP contribution in [0.25, 0.3) is 22.0 Å². The van der Waals surface area contributed by atoms with Crippen molar-refractivity contribution in [1.82, 2.24) is 19.7 Å². The van der Waals surface area contributed by atoms with Gasteiger partial charge in [0.2, 0.25) is 21.9 Å². The van der Waals surface area contributed by atoms with Crippen LogP contribution in [-0.4, -0.2) is 64.1 Å². The van der Waals surface area contributed by atoms with E-state index in [1.807, 2.05) is 0 Å². The topological polar surface area (TPSA) is 156 Å². The van der Waals surface area contributed by atoms with E-state index in [-0.39, 0.29) is 18.7 Å². The molecule has 4 N–H and O–H groups in total. The molecule has 216 valence electrons. The number of primary amides is 1. The maximum Gasteiger partial charge on any atom is 0.231 e. The minimum absolute atomic E-state index is 0.0427. The number of hydrogen-bond donors (Lipinski definition) is 3. The largest absolute Gasteiger partial charge is 0.386 e. The highest BCUT2D eigenvalue weighted by molar-refractivity contribution is 7.92. The van der Waals surface area contributed by atoms with Crippen LogP contribution < -0.4 is 15.4 Å². The Morgan fingerprint density at radius 1 is 1.20 bits per heavy atom. The Kier molecular flexibility index (Phi) is 7.15. The third kappa shape index (κ3) is 6.12. The summed E-state index contributed by atoms with van der Waals surface area (Å²) in [6.45, 7) is 2.27. The van der Waals surface area contributed by atoms with Crippen LogP contribution in [0.15, 0.2) is 42.6 Å². The number of fused-ring (bicyclic) bond motifs is 1.